The van der Waals surface area contributed by atoms with Gasteiger partial charge in [-0.05, 0) is 48.9 Å². The van der Waals surface area contributed by atoms with Crippen LogP contribution in [0.2, 0.25) is 0 Å². The van der Waals surface area contributed by atoms with Crippen molar-refractivity contribution in [2.75, 3.05) is 39.5 Å². The molecule has 3 aromatic heterocycles. The number of halogens is 1. The van der Waals surface area contributed by atoms with E-state index in [-0.39, 0.29) is 17.4 Å². The number of hydrogen-bond donors (Lipinski definition) is 1. The van der Waals surface area contributed by atoms with Crippen LogP contribution in [0, 0.1) is 0 Å². The number of amides is 1. The second kappa shape index (κ2) is 10.4. The van der Waals surface area contributed by atoms with Gasteiger partial charge in [0.05, 0.1) is 5.69 Å². The number of rotatable bonds is 6. The first-order chi connectivity index (χ1) is 18.3. The maximum atomic E-state index is 15.4. The summed E-state index contributed by atoms with van der Waals surface area (Å²) in [6, 6.07) is 14.6. The molecule has 0 aliphatic carbocycles. The number of nitrogens with one attached hydrogen (secondary N) is 1. The molecule has 198 valence electrons. The molecule has 1 N–H and O–H groups in total. The van der Waals surface area contributed by atoms with Crippen molar-refractivity contribution in [1.82, 2.24) is 23.9 Å². The van der Waals surface area contributed by atoms with Gasteiger partial charge in [0.25, 0.3) is 11.5 Å². The third-order valence-corrected chi connectivity index (χ3v) is 7.48. The minimum Gasteiger partial charge on any atom is -0.388 e. The molecule has 1 fully saturated rings. The number of piperidine rings is 1. The van der Waals surface area contributed by atoms with Gasteiger partial charge in [-0.25, -0.2) is 9.37 Å². The summed E-state index contributed by atoms with van der Waals surface area (Å²) in [4.78, 5) is 33.1. The standard InChI is InChI=1S/C29H33FN6O2/c1-31-21-10-14-36(27(37)15-21)26-9-12-32-28-24(26)16-22(34(28)4)17-35-13-11-23(25(30)18-35)19-5-7-20(8-6-19)29(38)33(2)3/h5-10,12,14-16,23,25,31H,11,13,17-18H2,1-4H3/t23-,25+/m1/s1. The zero-order chi connectivity index (χ0) is 27.0. The lowest BCUT2D eigenvalue weighted by Crippen LogP contribution is -2.40. The van der Waals surface area contributed by atoms with Gasteiger partial charge in [-0.3, -0.25) is 19.1 Å². The molecule has 1 saturated heterocycles. The fourth-order valence-corrected chi connectivity index (χ4v) is 5.30. The molecular formula is C29H33FN6O2. The zero-order valence-corrected chi connectivity index (χ0v) is 22.2. The van der Waals surface area contributed by atoms with Crippen molar-refractivity contribution in [3.05, 3.63) is 88.1 Å². The average Bonchev–Trinajstić information content (AvgIpc) is 3.23. The van der Waals surface area contributed by atoms with E-state index in [2.05, 4.69) is 21.3 Å². The van der Waals surface area contributed by atoms with Gasteiger partial charge in [0.1, 0.15) is 11.8 Å². The summed E-state index contributed by atoms with van der Waals surface area (Å²) < 4.78 is 19.0. The smallest absolute Gasteiger partial charge is 0.257 e. The van der Waals surface area contributed by atoms with Crippen molar-refractivity contribution in [2.24, 2.45) is 7.05 Å². The highest BCUT2D eigenvalue weighted by molar-refractivity contribution is 5.93. The number of fused-ring (bicyclic) bond motifs is 1. The maximum Gasteiger partial charge on any atom is 0.257 e. The Labute approximate surface area is 221 Å². The summed E-state index contributed by atoms with van der Waals surface area (Å²) in [5.41, 5.74) is 4.72. The molecule has 38 heavy (non-hydrogen) atoms. The molecule has 5 rings (SSSR count). The molecule has 0 unspecified atom stereocenters. The molecule has 4 aromatic rings. The maximum absolute atomic E-state index is 15.4. The first kappa shape index (κ1) is 25.7. The normalized spacial score (nSPS) is 18.0. The number of aromatic nitrogens is 3. The second-order valence-electron chi connectivity index (χ2n) is 10.1. The molecule has 1 aliphatic heterocycles. The lowest BCUT2D eigenvalue weighted by atomic mass is 9.87. The lowest BCUT2D eigenvalue weighted by Gasteiger charge is -2.35. The number of carbonyl (C=O) groups is 1. The predicted molar refractivity (Wildman–Crippen MR) is 148 cm³/mol. The van der Waals surface area contributed by atoms with Crippen LogP contribution >= 0.6 is 0 Å². The van der Waals surface area contributed by atoms with E-state index in [4.69, 9.17) is 0 Å². The van der Waals surface area contributed by atoms with Crippen LogP contribution in [-0.4, -0.2) is 70.2 Å². The molecule has 0 radical (unpaired) electrons. The molecule has 1 aliphatic rings. The molecule has 0 bridgehead atoms. The summed E-state index contributed by atoms with van der Waals surface area (Å²) in [6.45, 7) is 1.68. The molecule has 9 heteroatoms. The van der Waals surface area contributed by atoms with Gasteiger partial charge < -0.3 is 14.8 Å². The Morgan fingerprint density at radius 2 is 1.92 bits per heavy atom. The van der Waals surface area contributed by atoms with E-state index < -0.39 is 6.17 Å². The largest absolute Gasteiger partial charge is 0.388 e. The van der Waals surface area contributed by atoms with E-state index >= 15 is 4.39 Å². The van der Waals surface area contributed by atoms with E-state index in [1.165, 1.54) is 4.90 Å². The van der Waals surface area contributed by atoms with E-state index in [0.717, 1.165) is 40.2 Å². The van der Waals surface area contributed by atoms with Crippen LogP contribution in [0.4, 0.5) is 10.1 Å². The van der Waals surface area contributed by atoms with Gasteiger partial charge in [0.2, 0.25) is 0 Å². The van der Waals surface area contributed by atoms with Gasteiger partial charge in [-0.1, -0.05) is 12.1 Å². The summed E-state index contributed by atoms with van der Waals surface area (Å²) in [6.07, 6.45) is 3.16. The number of likely N-dealkylation sites (tertiary alicyclic amines) is 1. The predicted octanol–water partition coefficient (Wildman–Crippen LogP) is 3.80. The number of carbonyl (C=O) groups excluding carboxylic acids is 1. The Morgan fingerprint density at radius 1 is 1.16 bits per heavy atom. The molecule has 2 atom stereocenters. The highest BCUT2D eigenvalue weighted by Crippen LogP contribution is 2.32. The minimum absolute atomic E-state index is 0.0596. The number of aryl methyl sites for hydroxylation is 1. The van der Waals surface area contributed by atoms with E-state index in [1.54, 1.807) is 56.3 Å². The van der Waals surface area contributed by atoms with E-state index in [0.29, 0.717) is 25.1 Å². The summed E-state index contributed by atoms with van der Waals surface area (Å²) in [5, 5.41) is 3.87. The van der Waals surface area contributed by atoms with Gasteiger partial charge >= 0.3 is 0 Å². The van der Waals surface area contributed by atoms with Crippen LogP contribution in [0.25, 0.3) is 16.7 Å². The van der Waals surface area contributed by atoms with Crippen LogP contribution in [0.3, 0.4) is 0 Å². The highest BCUT2D eigenvalue weighted by Gasteiger charge is 2.31. The Hall–Kier alpha value is -3.98. The van der Waals surface area contributed by atoms with Crippen molar-refractivity contribution < 1.29 is 9.18 Å². The highest BCUT2D eigenvalue weighted by atomic mass is 19.1. The van der Waals surface area contributed by atoms with Crippen molar-refractivity contribution >= 4 is 22.6 Å². The molecule has 0 saturated carbocycles. The molecule has 1 amide bonds. The lowest BCUT2D eigenvalue weighted by molar-refractivity contribution is 0.0827. The Kier molecular flexibility index (Phi) is 7.03. The quantitative estimate of drug-likeness (QED) is 0.422. The Bertz CT molecular complexity index is 1520. The first-order valence-electron chi connectivity index (χ1n) is 12.8. The van der Waals surface area contributed by atoms with Crippen LogP contribution in [-0.2, 0) is 13.6 Å². The Morgan fingerprint density at radius 3 is 2.58 bits per heavy atom. The molecule has 0 spiro atoms. The second-order valence-corrected chi connectivity index (χ2v) is 10.1. The third kappa shape index (κ3) is 4.81. The van der Waals surface area contributed by atoms with Crippen molar-refractivity contribution in [1.29, 1.82) is 0 Å². The number of benzene rings is 1. The number of pyridine rings is 2. The molecule has 1 aromatic carbocycles. The number of alkyl halides is 1. The fraction of sp³-hybridized carbons (Fsp3) is 0.345. The summed E-state index contributed by atoms with van der Waals surface area (Å²) in [5.74, 6) is -0.251. The SMILES string of the molecule is CNc1ccn(-c2ccnc3c2cc(CN2CC[C@H](c4ccc(C(=O)N(C)C)cc4)[C@@H](F)C2)n3C)c(=O)c1. The van der Waals surface area contributed by atoms with Gasteiger partial charge in [-0.15, -0.1) is 0 Å². The Balaban J connectivity index is 1.33. The topological polar surface area (TPSA) is 75.4 Å². The minimum atomic E-state index is -1.01. The number of anilines is 1. The average molecular weight is 517 g/mol. The summed E-state index contributed by atoms with van der Waals surface area (Å²) in [7, 11) is 7.18. The summed E-state index contributed by atoms with van der Waals surface area (Å²) >= 11 is 0. The van der Waals surface area contributed by atoms with Crippen molar-refractivity contribution in [3.63, 3.8) is 0 Å². The van der Waals surface area contributed by atoms with Crippen LogP contribution in [0.5, 0.6) is 0 Å². The molecular weight excluding hydrogens is 483 g/mol. The third-order valence-electron chi connectivity index (χ3n) is 7.48. The monoisotopic (exact) mass is 516 g/mol. The molecule has 8 nitrogen and oxygen atoms in total. The van der Waals surface area contributed by atoms with Gasteiger partial charge in [0.15, 0.2) is 0 Å². The fourth-order valence-electron chi connectivity index (χ4n) is 5.30. The van der Waals surface area contributed by atoms with Crippen LogP contribution < -0.4 is 10.9 Å². The zero-order valence-electron chi connectivity index (χ0n) is 22.2. The van der Waals surface area contributed by atoms with E-state index in [9.17, 15) is 9.59 Å². The van der Waals surface area contributed by atoms with E-state index in [1.807, 2.05) is 35.9 Å². The number of hydrogen-bond acceptors (Lipinski definition) is 5. The van der Waals surface area contributed by atoms with Crippen LogP contribution in [0.1, 0.15) is 34.0 Å². The first-order valence-corrected chi connectivity index (χ1v) is 12.8. The van der Waals surface area contributed by atoms with Crippen molar-refractivity contribution in [2.45, 2.75) is 25.1 Å². The van der Waals surface area contributed by atoms with Crippen molar-refractivity contribution in [3.8, 4) is 5.69 Å². The van der Waals surface area contributed by atoms with Gasteiger partial charge in [-0.2, -0.15) is 0 Å². The van der Waals surface area contributed by atoms with Crippen LogP contribution in [0.15, 0.2) is 65.7 Å². The van der Waals surface area contributed by atoms with Gasteiger partial charge in [0, 0.05) is 88.0 Å². The number of nitrogens with zero attached hydrogens (tertiary/aromatic N) is 5. The molecule has 4 heterocycles.